The maximum absolute atomic E-state index is 13.6. The lowest BCUT2D eigenvalue weighted by Gasteiger charge is -2.26. The minimum Gasteiger partial charge on any atom is -0.497 e. The van der Waals surface area contributed by atoms with Gasteiger partial charge in [0, 0.05) is 25.7 Å². The Bertz CT molecular complexity index is 1070. The number of methoxy groups -OCH3 is 3. The van der Waals surface area contributed by atoms with Crippen molar-refractivity contribution in [1.82, 2.24) is 10.2 Å². The molecule has 192 valence electrons. The smallest absolute Gasteiger partial charge is 0.264 e. The molecule has 1 saturated heterocycles. The van der Waals surface area contributed by atoms with Crippen LogP contribution in [-0.2, 0) is 19.6 Å². The number of hydrogen-bond donors (Lipinski definition) is 1. The van der Waals surface area contributed by atoms with Crippen LogP contribution in [0, 0.1) is 0 Å². The molecule has 1 heterocycles. The first-order chi connectivity index (χ1) is 16.9. The Balaban J connectivity index is 1.76. The SMILES string of the molecule is COc1ccc(N(CC(=O)NCCCN2CCOCC2)S(=O)(=O)c2ccc(OC)c(OC)c2)cc1. The molecule has 1 N–H and O–H groups in total. The number of amides is 1. The second-order valence-electron chi connectivity index (χ2n) is 7.88. The highest BCUT2D eigenvalue weighted by atomic mass is 32.2. The fourth-order valence-corrected chi connectivity index (χ4v) is 5.15. The third-order valence-electron chi connectivity index (χ3n) is 5.67. The van der Waals surface area contributed by atoms with Gasteiger partial charge < -0.3 is 24.3 Å². The van der Waals surface area contributed by atoms with E-state index in [1.54, 1.807) is 24.3 Å². The zero-order chi connectivity index (χ0) is 25.3. The number of nitrogens with zero attached hydrogens (tertiary/aromatic N) is 2. The van der Waals surface area contributed by atoms with Gasteiger partial charge in [0.15, 0.2) is 11.5 Å². The van der Waals surface area contributed by atoms with Gasteiger partial charge in [-0.15, -0.1) is 0 Å². The van der Waals surface area contributed by atoms with Crippen LogP contribution >= 0.6 is 0 Å². The first kappa shape index (κ1) is 26.6. The molecule has 10 nitrogen and oxygen atoms in total. The normalized spacial score (nSPS) is 14.3. The standard InChI is InChI=1S/C24H33N3O7S/c1-31-20-7-5-19(6-8-20)27(18-24(28)25-11-4-12-26-13-15-34-16-14-26)35(29,30)21-9-10-22(32-2)23(17-21)33-3/h5-10,17H,4,11-16,18H2,1-3H3,(H,25,28). The lowest BCUT2D eigenvalue weighted by molar-refractivity contribution is -0.119. The van der Waals surface area contributed by atoms with E-state index in [4.69, 9.17) is 18.9 Å². The van der Waals surface area contributed by atoms with E-state index in [-0.39, 0.29) is 17.2 Å². The van der Waals surface area contributed by atoms with E-state index in [2.05, 4.69) is 10.2 Å². The van der Waals surface area contributed by atoms with Crippen LogP contribution < -0.4 is 23.8 Å². The molecule has 1 aliphatic heterocycles. The molecule has 0 aromatic heterocycles. The number of hydrogen-bond acceptors (Lipinski definition) is 8. The third kappa shape index (κ3) is 7.00. The van der Waals surface area contributed by atoms with E-state index < -0.39 is 15.9 Å². The van der Waals surface area contributed by atoms with Crippen molar-refractivity contribution in [1.29, 1.82) is 0 Å². The maximum atomic E-state index is 13.6. The van der Waals surface area contributed by atoms with E-state index in [0.717, 1.165) is 43.6 Å². The fourth-order valence-electron chi connectivity index (χ4n) is 3.71. The summed E-state index contributed by atoms with van der Waals surface area (Å²) in [4.78, 5) is 15.0. The first-order valence-electron chi connectivity index (χ1n) is 11.3. The van der Waals surface area contributed by atoms with Crippen LogP contribution in [0.25, 0.3) is 0 Å². The van der Waals surface area contributed by atoms with Crippen LogP contribution in [0.4, 0.5) is 5.69 Å². The predicted molar refractivity (Wildman–Crippen MR) is 132 cm³/mol. The van der Waals surface area contributed by atoms with E-state index >= 15 is 0 Å². The van der Waals surface area contributed by atoms with E-state index in [0.29, 0.717) is 23.7 Å². The van der Waals surface area contributed by atoms with Gasteiger partial charge in [0.25, 0.3) is 10.0 Å². The van der Waals surface area contributed by atoms with Gasteiger partial charge in [-0.2, -0.15) is 0 Å². The van der Waals surface area contributed by atoms with Crippen LogP contribution in [0.1, 0.15) is 6.42 Å². The average Bonchev–Trinajstić information content (AvgIpc) is 2.90. The zero-order valence-corrected chi connectivity index (χ0v) is 21.2. The number of ether oxygens (including phenoxy) is 4. The van der Waals surface area contributed by atoms with Crippen molar-refractivity contribution < 1.29 is 32.2 Å². The van der Waals surface area contributed by atoms with E-state index in [1.165, 1.54) is 39.5 Å². The number of morpholine rings is 1. The Hall–Kier alpha value is -3.02. The Morgan fingerprint density at radius 1 is 1.00 bits per heavy atom. The van der Waals surface area contributed by atoms with Gasteiger partial charge in [0.05, 0.1) is 45.1 Å². The molecule has 35 heavy (non-hydrogen) atoms. The number of carbonyl (C=O) groups excluding carboxylic acids is 1. The minimum absolute atomic E-state index is 0.0221. The molecule has 0 saturated carbocycles. The monoisotopic (exact) mass is 507 g/mol. The molecule has 0 bridgehead atoms. The fraction of sp³-hybridized carbons (Fsp3) is 0.458. The lowest BCUT2D eigenvalue weighted by atomic mass is 10.3. The predicted octanol–water partition coefficient (Wildman–Crippen LogP) is 1.75. The Morgan fingerprint density at radius 3 is 2.31 bits per heavy atom. The summed E-state index contributed by atoms with van der Waals surface area (Å²) >= 11 is 0. The molecule has 1 amide bonds. The molecule has 0 radical (unpaired) electrons. The van der Waals surface area contributed by atoms with Crippen molar-refractivity contribution in [3.05, 3.63) is 42.5 Å². The maximum Gasteiger partial charge on any atom is 0.264 e. The molecular weight excluding hydrogens is 474 g/mol. The van der Waals surface area contributed by atoms with Gasteiger partial charge in [-0.1, -0.05) is 0 Å². The molecule has 1 aliphatic rings. The van der Waals surface area contributed by atoms with E-state index in [9.17, 15) is 13.2 Å². The topological polar surface area (TPSA) is 107 Å². The molecule has 0 unspecified atom stereocenters. The number of carbonyl (C=O) groups is 1. The average molecular weight is 508 g/mol. The van der Waals surface area contributed by atoms with E-state index in [1.807, 2.05) is 0 Å². The highest BCUT2D eigenvalue weighted by Gasteiger charge is 2.28. The molecule has 1 fully saturated rings. The Labute approximate surface area is 206 Å². The highest BCUT2D eigenvalue weighted by molar-refractivity contribution is 7.92. The molecular formula is C24H33N3O7S. The first-order valence-corrected chi connectivity index (χ1v) is 12.8. The summed E-state index contributed by atoms with van der Waals surface area (Å²) in [7, 11) is 0.327. The summed E-state index contributed by atoms with van der Waals surface area (Å²) in [6, 6.07) is 10.8. The van der Waals surface area contributed by atoms with Crippen molar-refractivity contribution in [3.63, 3.8) is 0 Å². The highest BCUT2D eigenvalue weighted by Crippen LogP contribution is 2.32. The largest absolute Gasteiger partial charge is 0.497 e. The van der Waals surface area contributed by atoms with Crippen LogP contribution in [0.15, 0.2) is 47.4 Å². The molecule has 2 aromatic carbocycles. The summed E-state index contributed by atoms with van der Waals surface area (Å²) in [5, 5.41) is 2.84. The van der Waals surface area contributed by atoms with Crippen molar-refractivity contribution in [3.8, 4) is 17.2 Å². The number of sulfonamides is 1. The number of anilines is 1. The van der Waals surface area contributed by atoms with Gasteiger partial charge in [0.2, 0.25) is 5.91 Å². The van der Waals surface area contributed by atoms with Crippen LogP contribution in [0.5, 0.6) is 17.2 Å². The summed E-state index contributed by atoms with van der Waals surface area (Å²) in [6.07, 6.45) is 0.761. The molecule has 3 rings (SSSR count). The Morgan fingerprint density at radius 2 is 1.69 bits per heavy atom. The van der Waals surface area contributed by atoms with Gasteiger partial charge >= 0.3 is 0 Å². The van der Waals surface area contributed by atoms with Crippen molar-refractivity contribution in [2.45, 2.75) is 11.3 Å². The summed E-state index contributed by atoms with van der Waals surface area (Å²) in [5.41, 5.74) is 0.337. The van der Waals surface area contributed by atoms with Crippen LogP contribution in [0.2, 0.25) is 0 Å². The molecule has 0 atom stereocenters. The molecule has 0 spiro atoms. The second-order valence-corrected chi connectivity index (χ2v) is 9.75. The molecule has 2 aromatic rings. The summed E-state index contributed by atoms with van der Waals surface area (Å²) in [6.45, 7) is 4.11. The van der Waals surface area contributed by atoms with Crippen molar-refractivity contribution in [2.24, 2.45) is 0 Å². The molecule has 11 heteroatoms. The Kier molecular flexibility index (Phi) is 9.58. The number of benzene rings is 2. The third-order valence-corrected chi connectivity index (χ3v) is 7.44. The van der Waals surface area contributed by atoms with Gasteiger partial charge in [-0.05, 0) is 49.4 Å². The second kappa shape index (κ2) is 12.6. The zero-order valence-electron chi connectivity index (χ0n) is 20.4. The molecule has 0 aliphatic carbocycles. The quantitative estimate of drug-likeness (QED) is 0.433. The summed E-state index contributed by atoms with van der Waals surface area (Å²) < 4.78 is 49.3. The van der Waals surface area contributed by atoms with Gasteiger partial charge in [0.1, 0.15) is 12.3 Å². The lowest BCUT2D eigenvalue weighted by Crippen LogP contribution is -2.42. The van der Waals surface area contributed by atoms with Crippen molar-refractivity contribution >= 4 is 21.6 Å². The number of nitrogens with one attached hydrogen (secondary N) is 1. The summed E-state index contributed by atoms with van der Waals surface area (Å²) in [5.74, 6) is 0.855. The van der Waals surface area contributed by atoms with Crippen LogP contribution in [-0.4, -0.2) is 86.5 Å². The number of rotatable bonds is 12. The van der Waals surface area contributed by atoms with Gasteiger partial charge in [-0.25, -0.2) is 8.42 Å². The minimum atomic E-state index is -4.10. The van der Waals surface area contributed by atoms with Crippen LogP contribution in [0.3, 0.4) is 0 Å². The van der Waals surface area contributed by atoms with Crippen molar-refractivity contribution in [2.75, 3.05) is 71.6 Å². The van der Waals surface area contributed by atoms with Gasteiger partial charge in [-0.3, -0.25) is 14.0 Å².